The summed E-state index contributed by atoms with van der Waals surface area (Å²) in [6, 6.07) is 20.7. The molecule has 0 unspecified atom stereocenters. The number of benzene rings is 2. The van der Waals surface area contributed by atoms with Crippen molar-refractivity contribution in [2.75, 3.05) is 6.61 Å². The highest BCUT2D eigenvalue weighted by Gasteiger charge is 2.28. The molecule has 1 amide bonds. The number of carbonyl (C=O) groups is 1. The van der Waals surface area contributed by atoms with Gasteiger partial charge in [-0.25, -0.2) is 0 Å². The topological polar surface area (TPSA) is 56.2 Å². The van der Waals surface area contributed by atoms with E-state index in [4.69, 9.17) is 0 Å². The summed E-state index contributed by atoms with van der Waals surface area (Å²) < 4.78 is 43.5. The number of pyridine rings is 1. The normalized spacial score (nSPS) is 12.5. The highest BCUT2D eigenvalue weighted by Crippen LogP contribution is 2.27. The zero-order valence-corrected chi connectivity index (χ0v) is 18.8. The number of halogens is 3. The van der Waals surface area contributed by atoms with Crippen molar-refractivity contribution in [3.63, 3.8) is 0 Å². The maximum Gasteiger partial charge on any atom is 0.422 e. The molecule has 176 valence electrons. The molecule has 0 aliphatic heterocycles. The molecule has 8 heteroatoms. The lowest BCUT2D eigenvalue weighted by atomic mass is 10.1. The number of fused-ring (bicyclic) bond motifs is 1. The predicted octanol–water partition coefficient (Wildman–Crippen LogP) is 5.60. The van der Waals surface area contributed by atoms with Gasteiger partial charge in [0.2, 0.25) is 5.91 Å². The highest BCUT2D eigenvalue weighted by molar-refractivity contribution is 5.87. The average Bonchev–Trinajstić information content (AvgIpc) is 3.14. The van der Waals surface area contributed by atoms with E-state index in [-0.39, 0.29) is 18.1 Å². The Kier molecular flexibility index (Phi) is 6.58. The quantitative estimate of drug-likeness (QED) is 0.385. The summed E-state index contributed by atoms with van der Waals surface area (Å²) in [5, 5.41) is 4.04. The second-order valence-corrected chi connectivity index (χ2v) is 8.13. The van der Waals surface area contributed by atoms with Crippen molar-refractivity contribution >= 4 is 16.8 Å². The molecule has 0 radical (unpaired) electrons. The summed E-state index contributed by atoms with van der Waals surface area (Å²) in [4.78, 5) is 16.6. The maximum atomic E-state index is 12.5. The first kappa shape index (κ1) is 23.4. The smallest absolute Gasteiger partial charge is 0.422 e. The van der Waals surface area contributed by atoms with Gasteiger partial charge in [-0.15, -0.1) is 0 Å². The first-order chi connectivity index (χ1) is 16.2. The molecule has 0 saturated heterocycles. The molecule has 5 nitrogen and oxygen atoms in total. The van der Waals surface area contributed by atoms with Crippen LogP contribution in [0.1, 0.15) is 24.2 Å². The molecule has 2 aromatic carbocycles. The Morgan fingerprint density at radius 3 is 2.47 bits per heavy atom. The van der Waals surface area contributed by atoms with Crippen molar-refractivity contribution < 1.29 is 22.7 Å². The zero-order chi connectivity index (χ0) is 24.3. The minimum absolute atomic E-state index is 0.0193. The van der Waals surface area contributed by atoms with Gasteiger partial charge in [-0.05, 0) is 42.3 Å². The largest absolute Gasteiger partial charge is 0.483 e. The van der Waals surface area contributed by atoms with E-state index >= 15 is 0 Å². The second-order valence-electron chi connectivity index (χ2n) is 8.13. The Morgan fingerprint density at radius 2 is 1.82 bits per heavy atom. The van der Waals surface area contributed by atoms with E-state index in [0.717, 1.165) is 22.3 Å². The lowest BCUT2D eigenvalue weighted by Crippen LogP contribution is -2.28. The summed E-state index contributed by atoms with van der Waals surface area (Å²) in [6.45, 7) is 0.388. The van der Waals surface area contributed by atoms with Gasteiger partial charge in [0, 0.05) is 23.6 Å². The number of alkyl halides is 3. The molecule has 1 N–H and O–H groups in total. The van der Waals surface area contributed by atoms with Gasteiger partial charge in [-0.2, -0.15) is 13.2 Å². The van der Waals surface area contributed by atoms with Crippen LogP contribution in [-0.4, -0.2) is 28.2 Å². The Morgan fingerprint density at radius 1 is 1.09 bits per heavy atom. The Bertz CT molecular complexity index is 1280. The monoisotopic (exact) mass is 467 g/mol. The van der Waals surface area contributed by atoms with Crippen LogP contribution in [0.4, 0.5) is 13.2 Å². The third-order valence-electron chi connectivity index (χ3n) is 5.55. The third-order valence-corrected chi connectivity index (χ3v) is 5.55. The number of ether oxygens (including phenoxy) is 1. The summed E-state index contributed by atoms with van der Waals surface area (Å²) in [5.41, 5.74) is 4.71. The molecular formula is C26H24F3N3O2. The number of para-hydroxylation sites is 1. The van der Waals surface area contributed by atoms with Crippen LogP contribution in [0.15, 0.2) is 72.9 Å². The summed E-state index contributed by atoms with van der Waals surface area (Å²) in [6.07, 6.45) is -2.99. The average molecular weight is 467 g/mol. The van der Waals surface area contributed by atoms with Gasteiger partial charge < -0.3 is 14.6 Å². The minimum atomic E-state index is -4.41. The van der Waals surface area contributed by atoms with Crippen LogP contribution in [0.25, 0.3) is 22.2 Å². The lowest BCUT2D eigenvalue weighted by Gasteiger charge is -2.15. The summed E-state index contributed by atoms with van der Waals surface area (Å²) in [5.74, 6) is -0.158. The number of hydrogen-bond acceptors (Lipinski definition) is 3. The predicted molar refractivity (Wildman–Crippen MR) is 124 cm³/mol. The van der Waals surface area contributed by atoms with E-state index in [0.29, 0.717) is 5.69 Å². The van der Waals surface area contributed by atoms with Crippen molar-refractivity contribution in [1.82, 2.24) is 14.9 Å². The number of hydrogen-bond donors (Lipinski definition) is 1. The number of aryl methyl sites for hydroxylation is 1. The number of nitrogens with one attached hydrogen (secondary N) is 1. The van der Waals surface area contributed by atoms with E-state index in [1.807, 2.05) is 43.4 Å². The van der Waals surface area contributed by atoms with E-state index in [1.165, 1.54) is 23.7 Å². The van der Waals surface area contributed by atoms with Crippen molar-refractivity contribution in [2.24, 2.45) is 7.05 Å². The van der Waals surface area contributed by atoms with Crippen molar-refractivity contribution in [3.05, 3.63) is 84.2 Å². The molecule has 0 aliphatic carbocycles. The van der Waals surface area contributed by atoms with E-state index in [2.05, 4.69) is 37.8 Å². The molecule has 4 aromatic rings. The van der Waals surface area contributed by atoms with E-state index in [9.17, 15) is 18.0 Å². The van der Waals surface area contributed by atoms with Gasteiger partial charge in [0.1, 0.15) is 5.75 Å². The van der Waals surface area contributed by atoms with Gasteiger partial charge in [-0.3, -0.25) is 9.78 Å². The Balaban J connectivity index is 1.35. The van der Waals surface area contributed by atoms with E-state index in [1.54, 1.807) is 6.92 Å². The first-order valence-corrected chi connectivity index (χ1v) is 10.8. The molecule has 0 saturated carbocycles. The number of amides is 1. The van der Waals surface area contributed by atoms with Crippen LogP contribution in [0.5, 0.6) is 5.75 Å². The fourth-order valence-corrected chi connectivity index (χ4v) is 3.81. The molecule has 4 rings (SSSR count). The fourth-order valence-electron chi connectivity index (χ4n) is 3.81. The van der Waals surface area contributed by atoms with Crippen LogP contribution < -0.4 is 10.1 Å². The van der Waals surface area contributed by atoms with Crippen LogP contribution >= 0.6 is 0 Å². The van der Waals surface area contributed by atoms with Crippen LogP contribution in [0.3, 0.4) is 0 Å². The number of nitrogens with zero attached hydrogens (tertiary/aromatic N) is 2. The number of rotatable bonds is 7. The molecule has 0 spiro atoms. The zero-order valence-electron chi connectivity index (χ0n) is 18.8. The van der Waals surface area contributed by atoms with Crippen LogP contribution in [0, 0.1) is 0 Å². The van der Waals surface area contributed by atoms with E-state index < -0.39 is 18.8 Å². The molecule has 2 aromatic heterocycles. The minimum Gasteiger partial charge on any atom is -0.483 e. The fraction of sp³-hybridized carbons (Fsp3) is 0.231. The lowest BCUT2D eigenvalue weighted by molar-refractivity contribution is -0.153. The number of carbonyl (C=O) groups excluding carboxylic acids is 1. The summed E-state index contributed by atoms with van der Waals surface area (Å²) >= 11 is 0. The molecule has 0 bridgehead atoms. The molecule has 0 fully saturated rings. The van der Waals surface area contributed by atoms with Crippen LogP contribution in [0.2, 0.25) is 0 Å². The van der Waals surface area contributed by atoms with Crippen molar-refractivity contribution in [1.29, 1.82) is 0 Å². The van der Waals surface area contributed by atoms with Gasteiger partial charge in [0.15, 0.2) is 6.61 Å². The maximum absolute atomic E-state index is 12.5. The molecule has 34 heavy (non-hydrogen) atoms. The Hall–Kier alpha value is -3.81. The SMILES string of the molecule is C[C@@H](NC(=O)Cc1ccc(-c2cc3ccccc3n2C)cc1)c1ccc(OCC(F)(F)F)cn1. The van der Waals surface area contributed by atoms with Gasteiger partial charge in [0.05, 0.1) is 24.4 Å². The van der Waals surface area contributed by atoms with Crippen molar-refractivity contribution in [2.45, 2.75) is 25.6 Å². The molecular weight excluding hydrogens is 443 g/mol. The summed E-state index contributed by atoms with van der Waals surface area (Å²) in [7, 11) is 2.03. The van der Waals surface area contributed by atoms with Crippen molar-refractivity contribution in [3.8, 4) is 17.0 Å². The standard InChI is InChI=1S/C26H24F3N3O2/c1-17(22-12-11-21(15-30-22)34-16-26(27,28)29)31-25(33)13-18-7-9-19(10-8-18)24-14-20-5-3-4-6-23(20)32(24)2/h3-12,14-15,17H,13,16H2,1-2H3,(H,31,33)/t17-/m1/s1. The van der Waals surface area contributed by atoms with Gasteiger partial charge >= 0.3 is 6.18 Å². The molecule has 0 aliphatic rings. The number of aromatic nitrogens is 2. The second kappa shape index (κ2) is 9.59. The Labute approximate surface area is 195 Å². The highest BCUT2D eigenvalue weighted by atomic mass is 19.4. The first-order valence-electron chi connectivity index (χ1n) is 10.8. The molecule has 1 atom stereocenters. The van der Waals surface area contributed by atoms with Crippen LogP contribution in [-0.2, 0) is 18.3 Å². The van der Waals surface area contributed by atoms with Gasteiger partial charge in [0.25, 0.3) is 0 Å². The molecule has 2 heterocycles. The third kappa shape index (κ3) is 5.57. The van der Waals surface area contributed by atoms with Gasteiger partial charge in [-0.1, -0.05) is 42.5 Å².